The fourth-order valence-corrected chi connectivity index (χ4v) is 4.57. The summed E-state index contributed by atoms with van der Waals surface area (Å²) in [7, 11) is 0. The van der Waals surface area contributed by atoms with Gasteiger partial charge in [0.25, 0.3) is 5.91 Å². The number of amides is 1. The summed E-state index contributed by atoms with van der Waals surface area (Å²) in [5.74, 6) is 0.202. The lowest BCUT2D eigenvalue weighted by Crippen LogP contribution is -2.20. The van der Waals surface area contributed by atoms with Crippen molar-refractivity contribution >= 4 is 28.2 Å². The summed E-state index contributed by atoms with van der Waals surface area (Å²) in [5.41, 5.74) is 1.93. The van der Waals surface area contributed by atoms with Crippen molar-refractivity contribution in [3.05, 3.63) is 45.8 Å². The molecule has 1 N–H and O–H groups in total. The van der Waals surface area contributed by atoms with E-state index in [4.69, 9.17) is 9.47 Å². The first-order chi connectivity index (χ1) is 13.5. The van der Waals surface area contributed by atoms with Crippen molar-refractivity contribution in [1.82, 2.24) is 0 Å². The molecule has 0 saturated heterocycles. The number of anilines is 1. The van der Waals surface area contributed by atoms with Crippen molar-refractivity contribution in [2.75, 3.05) is 18.5 Å². The molecule has 1 aromatic carbocycles. The lowest BCUT2D eigenvalue weighted by atomic mass is 9.89. The third-order valence-electron chi connectivity index (χ3n) is 4.61. The average molecular weight is 398 g/mol. The zero-order valence-corrected chi connectivity index (χ0v) is 16.7. The van der Waals surface area contributed by atoms with E-state index >= 15 is 0 Å². The van der Waals surface area contributed by atoms with Gasteiger partial charge in [0.1, 0.15) is 16.8 Å². The van der Waals surface area contributed by atoms with Crippen LogP contribution in [0, 0.1) is 17.2 Å². The van der Waals surface area contributed by atoms with Gasteiger partial charge in [-0.3, -0.25) is 4.79 Å². The maximum atomic E-state index is 12.2. The number of benzene rings is 1. The molecular formula is C21H22N2O4S. The molecule has 1 aliphatic carbocycles. The van der Waals surface area contributed by atoms with Crippen LogP contribution in [0.5, 0.6) is 5.75 Å². The lowest BCUT2D eigenvalue weighted by molar-refractivity contribution is -0.119. The molecule has 0 saturated carbocycles. The summed E-state index contributed by atoms with van der Waals surface area (Å²) in [4.78, 5) is 25.5. The second-order valence-electron chi connectivity index (χ2n) is 6.75. The first kappa shape index (κ1) is 19.9. The van der Waals surface area contributed by atoms with Crippen molar-refractivity contribution in [3.63, 3.8) is 0 Å². The van der Waals surface area contributed by atoms with Gasteiger partial charge in [-0.25, -0.2) is 4.79 Å². The highest BCUT2D eigenvalue weighted by Crippen LogP contribution is 2.39. The van der Waals surface area contributed by atoms with E-state index in [1.54, 1.807) is 24.3 Å². The third kappa shape index (κ3) is 4.52. The van der Waals surface area contributed by atoms with Gasteiger partial charge < -0.3 is 14.8 Å². The number of nitrogens with one attached hydrogen (secondary N) is 1. The van der Waals surface area contributed by atoms with Gasteiger partial charge in [0, 0.05) is 4.88 Å². The fraction of sp³-hybridized carbons (Fsp3) is 0.381. The van der Waals surface area contributed by atoms with Crippen LogP contribution in [-0.4, -0.2) is 25.1 Å². The Morgan fingerprint density at radius 2 is 2.07 bits per heavy atom. The van der Waals surface area contributed by atoms with Crippen molar-refractivity contribution in [2.45, 2.75) is 33.1 Å². The lowest BCUT2D eigenvalue weighted by Gasteiger charge is -2.17. The summed E-state index contributed by atoms with van der Waals surface area (Å²) in [6.45, 7) is 4.20. The van der Waals surface area contributed by atoms with Crippen molar-refractivity contribution in [2.24, 2.45) is 5.92 Å². The van der Waals surface area contributed by atoms with E-state index in [9.17, 15) is 14.9 Å². The van der Waals surface area contributed by atoms with Crippen LogP contribution in [-0.2, 0) is 22.4 Å². The number of esters is 1. The minimum Gasteiger partial charge on any atom is -0.494 e. The zero-order chi connectivity index (χ0) is 20.1. The Labute approximate surface area is 168 Å². The average Bonchev–Trinajstić information content (AvgIpc) is 3.02. The normalized spacial score (nSPS) is 15.2. The maximum Gasteiger partial charge on any atom is 0.338 e. The molecule has 0 radical (unpaired) electrons. The smallest absolute Gasteiger partial charge is 0.338 e. The summed E-state index contributed by atoms with van der Waals surface area (Å²) >= 11 is 1.45. The van der Waals surface area contributed by atoms with E-state index in [0.29, 0.717) is 34.4 Å². The van der Waals surface area contributed by atoms with E-state index in [0.717, 1.165) is 29.7 Å². The SMILES string of the molecule is CCOc1ccc(C(=O)OCC(=O)Nc2sc3c(c2C#N)CC[C@@H](C)C3)cc1. The molecule has 28 heavy (non-hydrogen) atoms. The summed E-state index contributed by atoms with van der Waals surface area (Å²) < 4.78 is 10.4. The van der Waals surface area contributed by atoms with Gasteiger partial charge in [0.05, 0.1) is 17.7 Å². The second kappa shape index (κ2) is 8.89. The predicted molar refractivity (Wildman–Crippen MR) is 107 cm³/mol. The van der Waals surface area contributed by atoms with Crippen molar-refractivity contribution < 1.29 is 19.1 Å². The van der Waals surface area contributed by atoms with Gasteiger partial charge in [0.15, 0.2) is 6.61 Å². The number of carbonyl (C=O) groups is 2. The van der Waals surface area contributed by atoms with Gasteiger partial charge in [-0.1, -0.05) is 6.92 Å². The van der Waals surface area contributed by atoms with Gasteiger partial charge in [0.2, 0.25) is 0 Å². The molecule has 0 unspecified atom stereocenters. The number of rotatable bonds is 6. The van der Waals surface area contributed by atoms with Gasteiger partial charge in [-0.2, -0.15) is 5.26 Å². The zero-order valence-electron chi connectivity index (χ0n) is 15.9. The van der Waals surface area contributed by atoms with Crippen molar-refractivity contribution in [3.8, 4) is 11.8 Å². The number of carbonyl (C=O) groups excluding carboxylic acids is 2. The molecule has 1 aliphatic rings. The Morgan fingerprint density at radius 3 is 2.75 bits per heavy atom. The van der Waals surface area contributed by atoms with Crippen LogP contribution in [0.3, 0.4) is 0 Å². The van der Waals surface area contributed by atoms with Gasteiger partial charge in [-0.05, 0) is 61.9 Å². The Hall–Kier alpha value is -2.85. The topological polar surface area (TPSA) is 88.4 Å². The molecule has 0 bridgehead atoms. The minimum absolute atomic E-state index is 0.342. The highest BCUT2D eigenvalue weighted by atomic mass is 32.1. The molecule has 2 aromatic rings. The number of nitriles is 1. The fourth-order valence-electron chi connectivity index (χ4n) is 3.19. The molecule has 146 valence electrons. The molecule has 6 nitrogen and oxygen atoms in total. The largest absolute Gasteiger partial charge is 0.494 e. The van der Waals surface area contributed by atoms with E-state index in [2.05, 4.69) is 18.3 Å². The van der Waals surface area contributed by atoms with Crippen molar-refractivity contribution in [1.29, 1.82) is 5.26 Å². The molecular weight excluding hydrogens is 376 g/mol. The standard InChI is InChI=1S/C21H22N2O4S/c1-3-26-15-7-5-14(6-8-15)21(25)27-12-19(24)23-20-17(11-22)16-9-4-13(2)10-18(16)28-20/h5-8,13H,3-4,9-10,12H2,1-2H3,(H,23,24)/t13-/m1/s1. The van der Waals surface area contributed by atoms with Crippen LogP contribution in [0.2, 0.25) is 0 Å². The third-order valence-corrected chi connectivity index (χ3v) is 5.78. The molecule has 1 aromatic heterocycles. The van der Waals surface area contributed by atoms with Crippen LogP contribution in [0.1, 0.15) is 46.6 Å². The maximum absolute atomic E-state index is 12.2. The molecule has 1 atom stereocenters. The summed E-state index contributed by atoms with van der Waals surface area (Å²) in [6, 6.07) is 8.74. The summed E-state index contributed by atoms with van der Waals surface area (Å²) in [5, 5.41) is 12.8. The molecule has 1 heterocycles. The Morgan fingerprint density at radius 1 is 1.32 bits per heavy atom. The predicted octanol–water partition coefficient (Wildman–Crippen LogP) is 3.94. The number of ether oxygens (including phenoxy) is 2. The summed E-state index contributed by atoms with van der Waals surface area (Å²) in [6.07, 6.45) is 2.83. The molecule has 1 amide bonds. The number of hydrogen-bond acceptors (Lipinski definition) is 6. The van der Waals surface area contributed by atoms with E-state index in [-0.39, 0.29) is 0 Å². The number of nitrogens with zero attached hydrogens (tertiary/aromatic N) is 1. The molecule has 3 rings (SSSR count). The molecule has 0 spiro atoms. The minimum atomic E-state index is -0.585. The van der Waals surface area contributed by atoms with Crippen LogP contribution in [0.4, 0.5) is 5.00 Å². The van der Waals surface area contributed by atoms with Crippen LogP contribution >= 0.6 is 11.3 Å². The highest BCUT2D eigenvalue weighted by Gasteiger charge is 2.24. The van der Waals surface area contributed by atoms with Gasteiger partial charge >= 0.3 is 5.97 Å². The van der Waals surface area contributed by atoms with Crippen LogP contribution < -0.4 is 10.1 Å². The molecule has 7 heteroatoms. The Balaban J connectivity index is 1.59. The van der Waals surface area contributed by atoms with Crippen LogP contribution in [0.25, 0.3) is 0 Å². The number of hydrogen-bond donors (Lipinski definition) is 1. The first-order valence-electron chi connectivity index (χ1n) is 9.26. The number of thiophene rings is 1. The molecule has 0 fully saturated rings. The number of fused-ring (bicyclic) bond motifs is 1. The highest BCUT2D eigenvalue weighted by molar-refractivity contribution is 7.16. The first-order valence-corrected chi connectivity index (χ1v) is 10.1. The molecule has 0 aliphatic heterocycles. The second-order valence-corrected chi connectivity index (χ2v) is 7.85. The van der Waals surface area contributed by atoms with E-state index in [1.165, 1.54) is 11.3 Å². The quantitative estimate of drug-likeness (QED) is 0.745. The Kier molecular flexibility index (Phi) is 6.32. The van der Waals surface area contributed by atoms with E-state index < -0.39 is 18.5 Å². The van der Waals surface area contributed by atoms with Crippen LogP contribution in [0.15, 0.2) is 24.3 Å². The Bertz CT molecular complexity index is 912. The monoisotopic (exact) mass is 398 g/mol. The van der Waals surface area contributed by atoms with E-state index in [1.807, 2.05) is 6.92 Å². The van der Waals surface area contributed by atoms with Gasteiger partial charge in [-0.15, -0.1) is 11.3 Å².